The summed E-state index contributed by atoms with van der Waals surface area (Å²) in [4.78, 5) is 48.9. The second-order valence-corrected chi connectivity index (χ2v) is 15.2. The van der Waals surface area contributed by atoms with Crippen molar-refractivity contribution in [2.75, 3.05) is 18.9 Å². The molecule has 2 aliphatic heterocycles. The first-order chi connectivity index (χ1) is 25.5. The molecule has 6 rings (SSSR count). The molecule has 0 aliphatic carbocycles. The highest BCUT2D eigenvalue weighted by Crippen LogP contribution is 2.60. The number of fused-ring (bicyclic) bond motifs is 1. The minimum atomic E-state index is -5.45. The number of ether oxygens (including phenoxy) is 2. The number of nitrogens with zero attached hydrogens (tertiary/aromatic N) is 6. The van der Waals surface area contributed by atoms with Gasteiger partial charge >= 0.3 is 15.6 Å². The van der Waals surface area contributed by atoms with Crippen molar-refractivity contribution in [2.45, 2.75) is 62.4 Å². The molecular weight excluding hydrogens is 760 g/mol. The van der Waals surface area contributed by atoms with Crippen LogP contribution < -0.4 is 16.0 Å². The van der Waals surface area contributed by atoms with Gasteiger partial charge in [-0.3, -0.25) is 28.8 Å². The van der Waals surface area contributed by atoms with E-state index >= 15 is 0 Å². The summed E-state index contributed by atoms with van der Waals surface area (Å²) in [6, 6.07) is 4.67. The average molecular weight is 797 g/mol. The number of nitrogen functional groups attached to an aromatic ring is 1. The SMILES string of the molecule is CCc1cc(C(=N)c2cc[n+]([C@@H]3O[C@H](COP(=O)(O)OP(=O)(O)OC[C@H]4O[C@@H](n5cnc6c(N)ncnc65)[C@H](O)[C@@H]4O)[C@@H](O)[C@H]3O)cc2C(N)=O)ccn1. The number of aryl methyl sites for hydroxylation is 1. The quantitative estimate of drug-likeness (QED) is 0.0392. The first-order valence-corrected chi connectivity index (χ1v) is 19.0. The number of aromatic nitrogens is 6. The standard InChI is InChI=1S/C29H35N9O14P2/c1-2-14-7-13(3-5-33-14)19(30)15-4-6-37(8-16(15)26(32)43)28-23(41)21(39)17(50-28)9-48-53(44,45)52-54(46,47)49-10-18-22(40)24(42)29(51-18)38-12-36-20-25(31)34-11-35-27(20)38/h3-8,11-12,17-18,21-24,28-30,39-42H,2,9-10H2,1H3,(H5-,31,32,34,35,43,44,45,46,47)/p+1/t17-,18-,21-,22-,23-,24-,28-,29-/m1/s1. The van der Waals surface area contributed by atoms with Crippen LogP contribution in [0.15, 0.2) is 49.4 Å². The third-order valence-corrected chi connectivity index (χ3v) is 11.2. The summed E-state index contributed by atoms with van der Waals surface area (Å²) >= 11 is 0. The van der Waals surface area contributed by atoms with Gasteiger partial charge in [0.1, 0.15) is 47.9 Å². The fourth-order valence-corrected chi connectivity index (χ4v) is 7.94. The zero-order chi connectivity index (χ0) is 39.1. The van der Waals surface area contributed by atoms with Gasteiger partial charge in [0.2, 0.25) is 0 Å². The normalized spacial score (nSPS) is 27.8. The molecular formula is C29H36N9O14P2+. The van der Waals surface area contributed by atoms with Gasteiger partial charge in [0.15, 0.2) is 36.2 Å². The number of phosphoric acid groups is 2. The number of aliphatic hydroxyl groups is 4. The maximum absolute atomic E-state index is 12.6. The topological polar surface area (TPSA) is 355 Å². The van der Waals surface area contributed by atoms with E-state index in [1.807, 2.05) is 6.92 Å². The largest absolute Gasteiger partial charge is 0.481 e. The summed E-state index contributed by atoms with van der Waals surface area (Å²) in [5.74, 6) is -0.868. The molecule has 6 heterocycles. The number of primary amides is 1. The molecule has 4 aromatic heterocycles. The Morgan fingerprint density at radius 2 is 1.63 bits per heavy atom. The Kier molecular flexibility index (Phi) is 11.3. The van der Waals surface area contributed by atoms with Gasteiger partial charge in [-0.25, -0.2) is 24.1 Å². The van der Waals surface area contributed by atoms with Crippen LogP contribution >= 0.6 is 15.6 Å². The second kappa shape index (κ2) is 15.5. The van der Waals surface area contributed by atoms with Gasteiger partial charge < -0.3 is 51.2 Å². The van der Waals surface area contributed by atoms with Crippen molar-refractivity contribution in [1.82, 2.24) is 24.5 Å². The number of anilines is 1. The zero-order valence-corrected chi connectivity index (χ0v) is 29.8. The molecule has 23 nitrogen and oxygen atoms in total. The molecule has 0 spiro atoms. The lowest BCUT2D eigenvalue weighted by Gasteiger charge is -2.20. The third-order valence-electron chi connectivity index (χ3n) is 8.62. The van der Waals surface area contributed by atoms with Crippen LogP contribution in [-0.2, 0) is 38.4 Å². The first kappa shape index (κ1) is 39.5. The van der Waals surface area contributed by atoms with E-state index in [4.69, 9.17) is 35.4 Å². The summed E-state index contributed by atoms with van der Waals surface area (Å²) in [6.07, 6.45) is -5.32. The Bertz CT molecular complexity index is 2160. The number of imidazole rings is 1. The van der Waals surface area contributed by atoms with Gasteiger partial charge in [0.25, 0.3) is 12.1 Å². The Morgan fingerprint density at radius 3 is 2.30 bits per heavy atom. The molecule has 11 N–H and O–H groups in total. The molecule has 2 fully saturated rings. The van der Waals surface area contributed by atoms with Crippen molar-refractivity contribution < 1.29 is 71.5 Å². The number of phosphoric ester groups is 2. The molecule has 0 aromatic carbocycles. The number of nitrogens with one attached hydrogen (secondary N) is 1. The predicted octanol–water partition coefficient (Wildman–Crippen LogP) is -1.64. The van der Waals surface area contributed by atoms with Gasteiger partial charge in [-0.15, -0.1) is 0 Å². The molecule has 1 amide bonds. The molecule has 2 aliphatic rings. The summed E-state index contributed by atoms with van der Waals surface area (Å²) in [5, 5.41) is 51.1. The number of pyridine rings is 2. The zero-order valence-electron chi connectivity index (χ0n) is 28.0. The maximum atomic E-state index is 12.6. The number of carbonyl (C=O) groups excluding carboxylic acids is 1. The number of aliphatic hydroxyl groups excluding tert-OH is 4. The van der Waals surface area contributed by atoms with Crippen LogP contribution in [0.2, 0.25) is 0 Å². The molecule has 2 unspecified atom stereocenters. The van der Waals surface area contributed by atoms with Crippen LogP contribution in [0.3, 0.4) is 0 Å². The molecule has 10 atom stereocenters. The van der Waals surface area contributed by atoms with Gasteiger partial charge in [0.05, 0.1) is 25.3 Å². The number of carbonyl (C=O) groups is 1. The third kappa shape index (κ3) is 8.09. The van der Waals surface area contributed by atoms with Crippen LogP contribution in [0.1, 0.15) is 46.6 Å². The Morgan fingerprint density at radius 1 is 0.963 bits per heavy atom. The molecule has 4 aromatic rings. The number of amides is 1. The van der Waals surface area contributed by atoms with Crippen molar-refractivity contribution >= 4 is 44.2 Å². The lowest BCUT2D eigenvalue weighted by atomic mass is 9.98. The summed E-state index contributed by atoms with van der Waals surface area (Å²) in [7, 11) is -10.9. The van der Waals surface area contributed by atoms with Gasteiger partial charge in [0, 0.05) is 29.1 Å². The second-order valence-electron chi connectivity index (χ2n) is 12.1. The predicted molar refractivity (Wildman–Crippen MR) is 179 cm³/mol. The van der Waals surface area contributed by atoms with Crippen LogP contribution in [0, 0.1) is 5.41 Å². The summed E-state index contributed by atoms with van der Waals surface area (Å²) in [5.41, 5.74) is 12.9. The van der Waals surface area contributed by atoms with Crippen LogP contribution in [0.5, 0.6) is 0 Å². The van der Waals surface area contributed by atoms with E-state index < -0.39 is 83.8 Å². The van der Waals surface area contributed by atoms with E-state index in [0.29, 0.717) is 12.0 Å². The Hall–Kier alpha value is -4.19. The van der Waals surface area contributed by atoms with E-state index in [-0.39, 0.29) is 33.8 Å². The minimum Gasteiger partial charge on any atom is -0.387 e. The number of nitrogens with two attached hydrogens (primary N) is 2. The number of hydrogen-bond donors (Lipinski definition) is 9. The molecule has 290 valence electrons. The molecule has 0 bridgehead atoms. The van der Waals surface area contributed by atoms with Gasteiger partial charge in [-0.05, 0) is 18.6 Å². The maximum Gasteiger partial charge on any atom is 0.481 e. The summed E-state index contributed by atoms with van der Waals surface area (Å²) < 4.78 is 52.8. The van der Waals surface area contributed by atoms with Crippen molar-refractivity contribution in [2.24, 2.45) is 5.73 Å². The van der Waals surface area contributed by atoms with E-state index in [9.17, 15) is 44.1 Å². The van der Waals surface area contributed by atoms with E-state index in [0.717, 1.165) is 12.0 Å². The smallest absolute Gasteiger partial charge is 0.387 e. The first-order valence-electron chi connectivity index (χ1n) is 16.0. The fraction of sp³-hybridized carbons (Fsp3) is 0.414. The van der Waals surface area contributed by atoms with Crippen molar-refractivity contribution in [1.29, 1.82) is 5.41 Å². The summed E-state index contributed by atoms with van der Waals surface area (Å²) in [6.45, 7) is 0.0154. The van der Waals surface area contributed by atoms with Gasteiger partial charge in [-0.2, -0.15) is 8.88 Å². The molecule has 25 heteroatoms. The lowest BCUT2D eigenvalue weighted by molar-refractivity contribution is -0.765. The van der Waals surface area contributed by atoms with E-state index in [1.54, 1.807) is 12.1 Å². The molecule has 2 saturated heterocycles. The highest BCUT2D eigenvalue weighted by molar-refractivity contribution is 7.61. The van der Waals surface area contributed by atoms with E-state index in [1.165, 1.54) is 40.1 Å². The minimum absolute atomic E-state index is 0.0328. The van der Waals surface area contributed by atoms with Gasteiger partial charge in [-0.1, -0.05) is 6.92 Å². The monoisotopic (exact) mass is 796 g/mol. The number of hydrogen-bond acceptors (Lipinski definition) is 18. The number of rotatable bonds is 14. The Balaban J connectivity index is 1.06. The highest BCUT2D eigenvalue weighted by atomic mass is 31.3. The van der Waals surface area contributed by atoms with Crippen molar-refractivity contribution in [3.63, 3.8) is 0 Å². The van der Waals surface area contributed by atoms with Crippen molar-refractivity contribution in [3.05, 3.63) is 71.8 Å². The average Bonchev–Trinajstić information content (AvgIpc) is 3.78. The van der Waals surface area contributed by atoms with E-state index in [2.05, 4.69) is 24.2 Å². The van der Waals surface area contributed by atoms with Crippen LogP contribution in [0.25, 0.3) is 11.2 Å². The van der Waals surface area contributed by atoms with Crippen LogP contribution in [0.4, 0.5) is 5.82 Å². The highest BCUT2D eigenvalue weighted by Gasteiger charge is 2.50. The van der Waals surface area contributed by atoms with Crippen LogP contribution in [-0.4, -0.2) is 116 Å². The van der Waals surface area contributed by atoms with Crippen molar-refractivity contribution in [3.8, 4) is 0 Å². The molecule has 0 saturated carbocycles. The molecule has 0 radical (unpaired) electrons. The fourth-order valence-electron chi connectivity index (χ4n) is 5.85. The molecule has 54 heavy (non-hydrogen) atoms. The lowest BCUT2D eigenvalue weighted by Crippen LogP contribution is -2.47. The Labute approximate surface area is 304 Å².